The van der Waals surface area contributed by atoms with Crippen LogP contribution in [0.4, 0.5) is 0 Å². The Morgan fingerprint density at radius 3 is 3.08 bits per heavy atom. The Morgan fingerprint density at radius 2 is 2.46 bits per heavy atom. The van der Waals surface area contributed by atoms with Crippen molar-refractivity contribution in [2.45, 2.75) is 32.4 Å². The summed E-state index contributed by atoms with van der Waals surface area (Å²) in [6, 6.07) is 3.83. The van der Waals surface area contributed by atoms with E-state index >= 15 is 0 Å². The third kappa shape index (κ3) is 4.70. The Morgan fingerprint density at radius 1 is 1.62 bits per heavy atom. The maximum atomic E-state index is 8.99. The highest BCUT2D eigenvalue weighted by Gasteiger charge is 1.96. The molecule has 0 saturated heterocycles. The van der Waals surface area contributed by atoms with Crippen molar-refractivity contribution in [3.8, 4) is 0 Å². The lowest BCUT2D eigenvalue weighted by molar-refractivity contribution is 0.181. The molecule has 74 valence electrons. The molecule has 1 rings (SSSR count). The summed E-state index contributed by atoms with van der Waals surface area (Å²) in [5, 5.41) is 12.2. The number of rotatable bonds is 6. The van der Waals surface area contributed by atoms with Gasteiger partial charge in [0.1, 0.15) is 5.76 Å². The van der Waals surface area contributed by atoms with Crippen LogP contribution in [-0.2, 0) is 6.54 Å². The van der Waals surface area contributed by atoms with Gasteiger partial charge in [0, 0.05) is 0 Å². The van der Waals surface area contributed by atoms with Gasteiger partial charge in [-0.05, 0) is 38.4 Å². The average molecular weight is 183 g/mol. The molecule has 1 aromatic rings. The van der Waals surface area contributed by atoms with Gasteiger partial charge in [0.25, 0.3) is 0 Å². The fourth-order valence-electron chi connectivity index (χ4n) is 1.15. The second kappa shape index (κ2) is 5.78. The van der Waals surface area contributed by atoms with Gasteiger partial charge in [0.2, 0.25) is 0 Å². The molecule has 1 aromatic heterocycles. The van der Waals surface area contributed by atoms with Crippen LogP contribution in [0.2, 0.25) is 0 Å². The molecule has 0 spiro atoms. The second-order valence-electron chi connectivity index (χ2n) is 3.25. The van der Waals surface area contributed by atoms with E-state index in [0.29, 0.717) is 0 Å². The summed E-state index contributed by atoms with van der Waals surface area (Å²) >= 11 is 0. The Bertz CT molecular complexity index is 207. The fraction of sp³-hybridized carbons (Fsp3) is 0.600. The van der Waals surface area contributed by atoms with Gasteiger partial charge in [-0.3, -0.25) is 0 Å². The van der Waals surface area contributed by atoms with Crippen molar-refractivity contribution in [1.82, 2.24) is 5.32 Å². The molecule has 3 nitrogen and oxygen atoms in total. The molecule has 1 atom stereocenters. The molecule has 1 unspecified atom stereocenters. The summed E-state index contributed by atoms with van der Waals surface area (Å²) in [4.78, 5) is 0. The van der Waals surface area contributed by atoms with Gasteiger partial charge in [-0.2, -0.15) is 0 Å². The van der Waals surface area contributed by atoms with E-state index in [1.54, 1.807) is 6.26 Å². The van der Waals surface area contributed by atoms with Crippen molar-refractivity contribution in [1.29, 1.82) is 0 Å². The maximum Gasteiger partial charge on any atom is 0.117 e. The monoisotopic (exact) mass is 183 g/mol. The van der Waals surface area contributed by atoms with Crippen molar-refractivity contribution in [3.05, 3.63) is 24.2 Å². The largest absolute Gasteiger partial charge is 0.468 e. The van der Waals surface area contributed by atoms with Crippen molar-refractivity contribution >= 4 is 0 Å². The van der Waals surface area contributed by atoms with E-state index in [1.807, 2.05) is 19.1 Å². The molecular weight excluding hydrogens is 166 g/mol. The van der Waals surface area contributed by atoms with Gasteiger partial charge in [-0.25, -0.2) is 0 Å². The molecule has 0 saturated carbocycles. The molecule has 2 N–H and O–H groups in total. The summed E-state index contributed by atoms with van der Waals surface area (Å²) < 4.78 is 5.15. The highest BCUT2D eigenvalue weighted by molar-refractivity contribution is 4.97. The highest BCUT2D eigenvalue weighted by Crippen LogP contribution is 1.99. The first-order valence-corrected chi connectivity index (χ1v) is 4.70. The van der Waals surface area contributed by atoms with Crippen molar-refractivity contribution in [2.75, 3.05) is 6.54 Å². The number of furan rings is 1. The van der Waals surface area contributed by atoms with Gasteiger partial charge in [-0.1, -0.05) is 0 Å². The molecule has 0 aliphatic rings. The maximum absolute atomic E-state index is 8.99. The van der Waals surface area contributed by atoms with E-state index in [2.05, 4.69) is 5.32 Å². The van der Waals surface area contributed by atoms with Crippen molar-refractivity contribution < 1.29 is 9.52 Å². The zero-order chi connectivity index (χ0) is 9.52. The predicted molar refractivity (Wildman–Crippen MR) is 51.3 cm³/mol. The first-order valence-electron chi connectivity index (χ1n) is 4.70. The fourth-order valence-corrected chi connectivity index (χ4v) is 1.15. The number of hydrogen-bond donors (Lipinski definition) is 2. The zero-order valence-electron chi connectivity index (χ0n) is 7.99. The minimum atomic E-state index is -0.189. The molecule has 1 heterocycles. The normalized spacial score (nSPS) is 13.1. The Balaban J connectivity index is 1.96. The molecule has 0 amide bonds. The third-order valence-corrected chi connectivity index (χ3v) is 1.85. The van der Waals surface area contributed by atoms with Gasteiger partial charge >= 0.3 is 0 Å². The van der Waals surface area contributed by atoms with Crippen LogP contribution in [0.25, 0.3) is 0 Å². The molecule has 0 fully saturated rings. The summed E-state index contributed by atoms with van der Waals surface area (Å²) in [5.74, 6) is 0.956. The third-order valence-electron chi connectivity index (χ3n) is 1.85. The van der Waals surface area contributed by atoms with E-state index in [9.17, 15) is 0 Å². The van der Waals surface area contributed by atoms with E-state index in [1.165, 1.54) is 0 Å². The van der Waals surface area contributed by atoms with Crippen LogP contribution >= 0.6 is 0 Å². The molecule has 0 aromatic carbocycles. The van der Waals surface area contributed by atoms with Gasteiger partial charge in [0.05, 0.1) is 18.9 Å². The number of nitrogens with one attached hydrogen (secondary N) is 1. The van der Waals surface area contributed by atoms with Crippen molar-refractivity contribution in [3.63, 3.8) is 0 Å². The van der Waals surface area contributed by atoms with E-state index in [0.717, 1.165) is 31.7 Å². The lowest BCUT2D eigenvalue weighted by atomic mass is 10.2. The quantitative estimate of drug-likeness (QED) is 0.657. The smallest absolute Gasteiger partial charge is 0.117 e. The Kier molecular flexibility index (Phi) is 4.57. The minimum Gasteiger partial charge on any atom is -0.468 e. The molecule has 13 heavy (non-hydrogen) atoms. The molecule has 0 aliphatic carbocycles. The molecule has 3 heteroatoms. The minimum absolute atomic E-state index is 0.189. The zero-order valence-corrected chi connectivity index (χ0v) is 7.99. The Labute approximate surface area is 78.8 Å². The van der Waals surface area contributed by atoms with Crippen LogP contribution in [0.5, 0.6) is 0 Å². The van der Waals surface area contributed by atoms with E-state index in [-0.39, 0.29) is 6.10 Å². The summed E-state index contributed by atoms with van der Waals surface area (Å²) in [7, 11) is 0. The molecule has 0 radical (unpaired) electrons. The van der Waals surface area contributed by atoms with Crippen LogP contribution in [0, 0.1) is 0 Å². The standard InChI is InChI=1S/C10H17NO2/c1-9(12)4-2-6-11-8-10-5-3-7-13-10/h3,5,7,9,11-12H,2,4,6,8H2,1H3. The van der Waals surface area contributed by atoms with Crippen LogP contribution in [0.15, 0.2) is 22.8 Å². The SMILES string of the molecule is CC(O)CCCNCc1ccco1. The lowest BCUT2D eigenvalue weighted by Crippen LogP contribution is -2.15. The van der Waals surface area contributed by atoms with E-state index in [4.69, 9.17) is 9.52 Å². The first kappa shape index (κ1) is 10.3. The summed E-state index contributed by atoms with van der Waals surface area (Å²) in [6.45, 7) is 3.50. The second-order valence-corrected chi connectivity index (χ2v) is 3.25. The van der Waals surface area contributed by atoms with Crippen LogP contribution in [-0.4, -0.2) is 17.8 Å². The molecule has 0 bridgehead atoms. The van der Waals surface area contributed by atoms with Gasteiger partial charge in [0.15, 0.2) is 0 Å². The summed E-state index contributed by atoms with van der Waals surface area (Å²) in [5.41, 5.74) is 0. The number of aliphatic hydroxyl groups excluding tert-OH is 1. The first-order chi connectivity index (χ1) is 6.29. The number of hydrogen-bond acceptors (Lipinski definition) is 3. The topological polar surface area (TPSA) is 45.4 Å². The Hall–Kier alpha value is -0.800. The molecule has 0 aliphatic heterocycles. The summed E-state index contributed by atoms with van der Waals surface area (Å²) in [6.07, 6.45) is 3.33. The lowest BCUT2D eigenvalue weighted by Gasteiger charge is -2.04. The van der Waals surface area contributed by atoms with Crippen LogP contribution in [0.3, 0.4) is 0 Å². The van der Waals surface area contributed by atoms with Crippen LogP contribution < -0.4 is 5.32 Å². The molecular formula is C10H17NO2. The van der Waals surface area contributed by atoms with E-state index < -0.39 is 0 Å². The predicted octanol–water partition coefficient (Wildman–Crippen LogP) is 1.53. The van der Waals surface area contributed by atoms with Crippen molar-refractivity contribution in [2.24, 2.45) is 0 Å². The average Bonchev–Trinajstić information content (AvgIpc) is 2.55. The number of aliphatic hydroxyl groups is 1. The van der Waals surface area contributed by atoms with Gasteiger partial charge in [-0.15, -0.1) is 0 Å². The highest BCUT2D eigenvalue weighted by atomic mass is 16.3. The van der Waals surface area contributed by atoms with Gasteiger partial charge < -0.3 is 14.8 Å². The van der Waals surface area contributed by atoms with Crippen LogP contribution in [0.1, 0.15) is 25.5 Å².